The molecule has 1 N–H and O–H groups in total. The molecule has 7 heteroatoms. The largest absolute Gasteiger partial charge is 0.459 e. The predicted octanol–water partition coefficient (Wildman–Crippen LogP) is 2.69. The number of hydrogen-bond donors (Lipinski definition) is 1. The van der Waals surface area contributed by atoms with Gasteiger partial charge in [0.2, 0.25) is 0 Å². The van der Waals surface area contributed by atoms with E-state index in [1.165, 1.54) is 11.8 Å². The fourth-order valence-corrected chi connectivity index (χ4v) is 3.29. The number of rotatable bonds is 6. The predicted molar refractivity (Wildman–Crippen MR) is 107 cm³/mol. The zero-order valence-electron chi connectivity index (χ0n) is 15.6. The number of aromatic nitrogens is 2. The third-order valence-corrected chi connectivity index (χ3v) is 4.84. The van der Waals surface area contributed by atoms with Crippen molar-refractivity contribution in [1.29, 1.82) is 0 Å². The van der Waals surface area contributed by atoms with Gasteiger partial charge in [-0.05, 0) is 24.1 Å². The van der Waals surface area contributed by atoms with Crippen LogP contribution in [0.1, 0.15) is 16.1 Å². The van der Waals surface area contributed by atoms with E-state index >= 15 is 0 Å². The second kappa shape index (κ2) is 8.56. The lowest BCUT2D eigenvalue weighted by Crippen LogP contribution is -2.49. The summed E-state index contributed by atoms with van der Waals surface area (Å²) in [6.45, 7) is 3.55. The molecule has 0 aliphatic carbocycles. The molecule has 0 radical (unpaired) electrons. The van der Waals surface area contributed by atoms with Crippen LogP contribution < -0.4 is 10.2 Å². The Morgan fingerprint density at radius 3 is 2.61 bits per heavy atom. The first-order valence-electron chi connectivity index (χ1n) is 9.47. The summed E-state index contributed by atoms with van der Waals surface area (Å²) in [5.41, 5.74) is 1.29. The van der Waals surface area contributed by atoms with E-state index in [2.05, 4.69) is 44.5 Å². The molecule has 3 aromatic rings. The molecule has 0 bridgehead atoms. The van der Waals surface area contributed by atoms with E-state index in [1.54, 1.807) is 18.5 Å². The van der Waals surface area contributed by atoms with Crippen LogP contribution in [0, 0.1) is 0 Å². The molecule has 0 saturated carbocycles. The standard InChI is InChI=1S/C21H23N5O2/c27-21(18-7-4-14-28-18)26-12-10-25(11-13-26)20-15-19(23-16-24-20)22-9-8-17-5-2-1-3-6-17/h1-7,14-16H,8-13H2,(H,22,23,24). The molecule has 0 atom stereocenters. The average molecular weight is 377 g/mol. The Morgan fingerprint density at radius 2 is 1.86 bits per heavy atom. The van der Waals surface area contributed by atoms with Crippen LogP contribution in [0.3, 0.4) is 0 Å². The van der Waals surface area contributed by atoms with Crippen molar-refractivity contribution in [2.24, 2.45) is 0 Å². The highest BCUT2D eigenvalue weighted by Gasteiger charge is 2.24. The first-order chi connectivity index (χ1) is 13.8. The second-order valence-electron chi connectivity index (χ2n) is 6.68. The summed E-state index contributed by atoms with van der Waals surface area (Å²) in [5.74, 6) is 2.02. The van der Waals surface area contributed by atoms with E-state index < -0.39 is 0 Å². The minimum Gasteiger partial charge on any atom is -0.459 e. The lowest BCUT2D eigenvalue weighted by Gasteiger charge is -2.35. The molecule has 7 nitrogen and oxygen atoms in total. The van der Waals surface area contributed by atoms with Crippen molar-refractivity contribution in [3.63, 3.8) is 0 Å². The molecule has 1 aliphatic heterocycles. The maximum Gasteiger partial charge on any atom is 0.289 e. The number of piperazine rings is 1. The number of carbonyl (C=O) groups excluding carboxylic acids is 1. The van der Waals surface area contributed by atoms with Crippen LogP contribution >= 0.6 is 0 Å². The molecule has 1 aromatic carbocycles. The highest BCUT2D eigenvalue weighted by molar-refractivity contribution is 5.91. The van der Waals surface area contributed by atoms with E-state index in [1.807, 2.05) is 17.0 Å². The number of amides is 1. The van der Waals surface area contributed by atoms with Gasteiger partial charge >= 0.3 is 0 Å². The summed E-state index contributed by atoms with van der Waals surface area (Å²) in [6.07, 6.45) is 4.05. The zero-order chi connectivity index (χ0) is 19.2. The van der Waals surface area contributed by atoms with Crippen LogP contribution in [0.2, 0.25) is 0 Å². The topological polar surface area (TPSA) is 74.5 Å². The minimum atomic E-state index is -0.0596. The lowest BCUT2D eigenvalue weighted by atomic mass is 10.1. The number of nitrogens with zero attached hydrogens (tertiary/aromatic N) is 4. The summed E-state index contributed by atoms with van der Waals surface area (Å²) < 4.78 is 5.21. The monoisotopic (exact) mass is 377 g/mol. The van der Waals surface area contributed by atoms with Crippen molar-refractivity contribution in [2.75, 3.05) is 42.9 Å². The fourth-order valence-electron chi connectivity index (χ4n) is 3.29. The van der Waals surface area contributed by atoms with Crippen molar-refractivity contribution in [1.82, 2.24) is 14.9 Å². The molecule has 3 heterocycles. The summed E-state index contributed by atoms with van der Waals surface area (Å²) in [5, 5.41) is 3.36. The molecule has 1 aliphatic rings. The molecule has 28 heavy (non-hydrogen) atoms. The molecule has 1 fully saturated rings. The Labute approximate surface area is 164 Å². The molecule has 2 aromatic heterocycles. The van der Waals surface area contributed by atoms with Gasteiger partial charge in [0.25, 0.3) is 5.91 Å². The van der Waals surface area contributed by atoms with E-state index in [0.29, 0.717) is 18.8 Å². The number of hydrogen-bond acceptors (Lipinski definition) is 6. The van der Waals surface area contributed by atoms with Gasteiger partial charge in [-0.3, -0.25) is 4.79 Å². The third-order valence-electron chi connectivity index (χ3n) is 4.84. The smallest absolute Gasteiger partial charge is 0.289 e. The van der Waals surface area contributed by atoms with Gasteiger partial charge in [-0.15, -0.1) is 0 Å². The summed E-state index contributed by atoms with van der Waals surface area (Å²) in [4.78, 5) is 25.1. The molecular formula is C21H23N5O2. The highest BCUT2D eigenvalue weighted by atomic mass is 16.3. The van der Waals surface area contributed by atoms with Gasteiger partial charge in [-0.25, -0.2) is 9.97 Å². The lowest BCUT2D eigenvalue weighted by molar-refractivity contribution is 0.0714. The summed E-state index contributed by atoms with van der Waals surface area (Å²) in [6, 6.07) is 15.8. The summed E-state index contributed by atoms with van der Waals surface area (Å²) in [7, 11) is 0. The van der Waals surface area contributed by atoms with Gasteiger partial charge in [-0.1, -0.05) is 30.3 Å². The van der Waals surface area contributed by atoms with Gasteiger partial charge in [0.15, 0.2) is 5.76 Å². The first-order valence-corrected chi connectivity index (χ1v) is 9.47. The SMILES string of the molecule is O=C(c1ccco1)N1CCN(c2cc(NCCc3ccccc3)ncn2)CC1. The van der Waals surface area contributed by atoms with Gasteiger partial charge in [0, 0.05) is 38.8 Å². The Bertz CT molecular complexity index is 890. The molecule has 0 unspecified atom stereocenters. The molecule has 1 amide bonds. The number of carbonyl (C=O) groups is 1. The third kappa shape index (κ3) is 4.31. The van der Waals surface area contributed by atoms with Gasteiger partial charge in [-0.2, -0.15) is 0 Å². The fraction of sp³-hybridized carbons (Fsp3) is 0.286. The Balaban J connectivity index is 1.30. The van der Waals surface area contributed by atoms with Crippen molar-refractivity contribution in [2.45, 2.75) is 6.42 Å². The van der Waals surface area contributed by atoms with E-state index in [-0.39, 0.29) is 5.91 Å². The molecular weight excluding hydrogens is 354 g/mol. The van der Waals surface area contributed by atoms with Crippen LogP contribution in [0.15, 0.2) is 65.5 Å². The van der Waals surface area contributed by atoms with Crippen molar-refractivity contribution < 1.29 is 9.21 Å². The van der Waals surface area contributed by atoms with Crippen molar-refractivity contribution in [3.8, 4) is 0 Å². The van der Waals surface area contributed by atoms with E-state index in [4.69, 9.17) is 4.42 Å². The molecule has 1 saturated heterocycles. The van der Waals surface area contributed by atoms with Gasteiger partial charge in [0.1, 0.15) is 18.0 Å². The zero-order valence-corrected chi connectivity index (χ0v) is 15.6. The summed E-state index contributed by atoms with van der Waals surface area (Å²) >= 11 is 0. The van der Waals surface area contributed by atoms with Crippen molar-refractivity contribution >= 4 is 17.5 Å². The van der Waals surface area contributed by atoms with E-state index in [0.717, 1.165) is 37.7 Å². The quantitative estimate of drug-likeness (QED) is 0.712. The normalized spacial score (nSPS) is 14.1. The van der Waals surface area contributed by atoms with Crippen LogP contribution in [0.25, 0.3) is 0 Å². The number of nitrogens with one attached hydrogen (secondary N) is 1. The maximum atomic E-state index is 12.4. The second-order valence-corrected chi connectivity index (χ2v) is 6.68. The average Bonchev–Trinajstić information content (AvgIpc) is 3.29. The van der Waals surface area contributed by atoms with Crippen LogP contribution in [0.4, 0.5) is 11.6 Å². The highest BCUT2D eigenvalue weighted by Crippen LogP contribution is 2.17. The van der Waals surface area contributed by atoms with Crippen LogP contribution in [0.5, 0.6) is 0 Å². The number of anilines is 2. The van der Waals surface area contributed by atoms with Crippen molar-refractivity contribution in [3.05, 3.63) is 72.4 Å². The van der Waals surface area contributed by atoms with Crippen LogP contribution in [-0.2, 0) is 6.42 Å². The molecule has 144 valence electrons. The number of benzene rings is 1. The Hall–Kier alpha value is -3.35. The Morgan fingerprint density at radius 1 is 1.04 bits per heavy atom. The van der Waals surface area contributed by atoms with Gasteiger partial charge in [0.05, 0.1) is 6.26 Å². The molecule has 0 spiro atoms. The molecule has 4 rings (SSSR count). The minimum absolute atomic E-state index is 0.0596. The van der Waals surface area contributed by atoms with E-state index in [9.17, 15) is 4.79 Å². The Kier molecular flexibility index (Phi) is 5.51. The van der Waals surface area contributed by atoms with Crippen LogP contribution in [-0.4, -0.2) is 53.5 Å². The van der Waals surface area contributed by atoms with Gasteiger partial charge < -0.3 is 19.5 Å². The first kappa shape index (κ1) is 18.0. The maximum absolute atomic E-state index is 12.4. The number of furan rings is 1.